The van der Waals surface area contributed by atoms with Gasteiger partial charge in [0.05, 0.1) is 42.4 Å². The Balaban J connectivity index is 1.56. The molecule has 35 heavy (non-hydrogen) atoms. The summed E-state index contributed by atoms with van der Waals surface area (Å²) >= 11 is 7.21. The topological polar surface area (TPSA) is 104 Å². The predicted octanol–water partition coefficient (Wildman–Crippen LogP) is 5.85. The Kier molecular flexibility index (Phi) is 7.47. The molecule has 0 saturated heterocycles. The monoisotopic (exact) mass is 501 g/mol. The van der Waals surface area contributed by atoms with E-state index in [-0.39, 0.29) is 6.61 Å². The molecule has 0 aliphatic carbocycles. The largest absolute Gasteiger partial charge is 0.462 e. The average Bonchev–Trinajstić information content (AvgIpc) is 3.48. The molecule has 0 unspecified atom stereocenters. The predicted molar refractivity (Wildman–Crippen MR) is 135 cm³/mol. The smallest absolute Gasteiger partial charge is 0.349 e. The van der Waals surface area contributed by atoms with Gasteiger partial charge in [0.25, 0.3) is 0 Å². The first-order chi connectivity index (χ1) is 17.0. The van der Waals surface area contributed by atoms with Crippen LogP contribution >= 0.6 is 22.9 Å². The average molecular weight is 502 g/mol. The molecule has 9 heteroatoms. The van der Waals surface area contributed by atoms with E-state index in [1.165, 1.54) is 11.3 Å². The molecule has 0 saturated carbocycles. The van der Waals surface area contributed by atoms with Crippen LogP contribution in [0.1, 0.15) is 39.0 Å². The Bertz CT molecular complexity index is 1430. The van der Waals surface area contributed by atoms with Gasteiger partial charge >= 0.3 is 5.97 Å². The van der Waals surface area contributed by atoms with Gasteiger partial charge < -0.3 is 14.6 Å². The number of carbonyl (C=O) groups is 1. The minimum absolute atomic E-state index is 0.234. The minimum Gasteiger partial charge on any atom is -0.462 e. The van der Waals surface area contributed by atoms with Crippen molar-refractivity contribution >= 4 is 33.9 Å². The van der Waals surface area contributed by atoms with Crippen LogP contribution < -0.4 is 5.32 Å². The van der Waals surface area contributed by atoms with E-state index in [1.807, 2.05) is 22.9 Å². The van der Waals surface area contributed by atoms with Gasteiger partial charge in [-0.15, -0.1) is 11.3 Å². The molecule has 2 aromatic carbocycles. The summed E-state index contributed by atoms with van der Waals surface area (Å²) in [5.41, 5.74) is 4.07. The van der Waals surface area contributed by atoms with Gasteiger partial charge in [-0.1, -0.05) is 35.9 Å². The molecule has 0 bridgehead atoms. The molecule has 0 aliphatic heterocycles. The molecular formula is C26H20ClN5O2S. The number of ether oxygens (including phenoxy) is 1. The van der Waals surface area contributed by atoms with Crippen molar-refractivity contribution in [2.75, 3.05) is 11.9 Å². The number of rotatable bonds is 8. The molecule has 0 fully saturated rings. The molecular weight excluding hydrogens is 482 g/mol. The van der Waals surface area contributed by atoms with Gasteiger partial charge in [-0.2, -0.15) is 10.5 Å². The molecule has 0 amide bonds. The maximum absolute atomic E-state index is 12.7. The summed E-state index contributed by atoms with van der Waals surface area (Å²) in [6, 6.07) is 18.7. The molecule has 0 spiro atoms. The number of halogens is 1. The van der Waals surface area contributed by atoms with E-state index in [2.05, 4.69) is 22.4 Å². The number of thiophene rings is 1. The van der Waals surface area contributed by atoms with Crippen LogP contribution in [0.2, 0.25) is 5.02 Å². The third-order valence-electron chi connectivity index (χ3n) is 5.18. The zero-order valence-corrected chi connectivity index (χ0v) is 20.4. The van der Waals surface area contributed by atoms with Crippen LogP contribution in [0, 0.1) is 22.7 Å². The molecule has 174 valence electrons. The highest BCUT2D eigenvalue weighted by Crippen LogP contribution is 2.41. The van der Waals surface area contributed by atoms with Crippen molar-refractivity contribution in [2.24, 2.45) is 0 Å². The quantitative estimate of drug-likeness (QED) is 0.304. The highest BCUT2D eigenvalue weighted by Gasteiger charge is 2.25. The van der Waals surface area contributed by atoms with Gasteiger partial charge in [-0.05, 0) is 42.3 Å². The third kappa shape index (κ3) is 5.52. The van der Waals surface area contributed by atoms with E-state index in [4.69, 9.17) is 21.6 Å². The maximum Gasteiger partial charge on any atom is 0.349 e. The van der Waals surface area contributed by atoms with Crippen molar-refractivity contribution in [1.82, 2.24) is 9.55 Å². The van der Waals surface area contributed by atoms with Crippen molar-refractivity contribution in [1.29, 1.82) is 10.5 Å². The molecule has 0 radical (unpaired) electrons. The summed E-state index contributed by atoms with van der Waals surface area (Å²) in [6.07, 6.45) is 3.65. The van der Waals surface area contributed by atoms with Gasteiger partial charge in [0, 0.05) is 23.3 Å². The second kappa shape index (κ2) is 10.9. The number of nitrogens with one attached hydrogen (secondary N) is 1. The SMILES string of the molecule is CCOC(=O)c1sc(NCc2cn(Cc3ccc(C#N)cc3)cn2)c(C#N)c1-c1ccc(Cl)cc1. The molecule has 2 heterocycles. The molecule has 0 atom stereocenters. The van der Waals surface area contributed by atoms with E-state index < -0.39 is 5.97 Å². The summed E-state index contributed by atoms with van der Waals surface area (Å²) in [6.45, 7) is 2.97. The number of anilines is 1. The van der Waals surface area contributed by atoms with Crippen molar-refractivity contribution in [3.8, 4) is 23.3 Å². The van der Waals surface area contributed by atoms with Crippen LogP contribution in [0.4, 0.5) is 5.00 Å². The Morgan fingerprint density at radius 2 is 1.89 bits per heavy atom. The van der Waals surface area contributed by atoms with Crippen molar-refractivity contribution < 1.29 is 9.53 Å². The number of aromatic nitrogens is 2. The number of imidazole rings is 1. The number of carbonyl (C=O) groups excluding carboxylic acids is 1. The molecule has 4 aromatic rings. The Morgan fingerprint density at radius 1 is 1.14 bits per heavy atom. The fraction of sp³-hybridized carbons (Fsp3) is 0.154. The zero-order chi connectivity index (χ0) is 24.8. The second-order valence-electron chi connectivity index (χ2n) is 7.55. The summed E-state index contributed by atoms with van der Waals surface area (Å²) in [5.74, 6) is -0.473. The summed E-state index contributed by atoms with van der Waals surface area (Å²) in [4.78, 5) is 17.5. The number of benzene rings is 2. The van der Waals surface area contributed by atoms with E-state index in [1.54, 1.807) is 49.6 Å². The molecule has 7 nitrogen and oxygen atoms in total. The Labute approximate surface area is 211 Å². The standard InChI is InChI=1S/C26H20ClN5O2S/c1-2-34-26(33)24-23(19-7-9-20(27)10-8-19)22(12-29)25(35-24)30-13-21-15-32(16-31-21)14-18-5-3-17(11-28)4-6-18/h3-10,15-16,30H,2,13-14H2,1H3. The van der Waals surface area contributed by atoms with E-state index in [9.17, 15) is 10.1 Å². The lowest BCUT2D eigenvalue weighted by Crippen LogP contribution is -2.04. The number of esters is 1. The first-order valence-corrected chi connectivity index (χ1v) is 11.9. The third-order valence-corrected chi connectivity index (χ3v) is 6.56. The molecule has 1 N–H and O–H groups in total. The van der Waals surface area contributed by atoms with Crippen LogP contribution in [0.25, 0.3) is 11.1 Å². The first-order valence-electron chi connectivity index (χ1n) is 10.8. The van der Waals surface area contributed by atoms with Gasteiger partial charge in [0.15, 0.2) is 0 Å². The van der Waals surface area contributed by atoms with Crippen molar-refractivity contribution in [3.63, 3.8) is 0 Å². The van der Waals surface area contributed by atoms with Crippen molar-refractivity contribution in [3.05, 3.63) is 93.3 Å². The maximum atomic E-state index is 12.7. The zero-order valence-electron chi connectivity index (χ0n) is 18.8. The van der Waals surface area contributed by atoms with Crippen LogP contribution in [-0.4, -0.2) is 22.1 Å². The Morgan fingerprint density at radius 3 is 2.54 bits per heavy atom. The van der Waals surface area contributed by atoms with E-state index in [0.29, 0.717) is 50.2 Å². The van der Waals surface area contributed by atoms with Gasteiger partial charge in [0.1, 0.15) is 15.9 Å². The first kappa shape index (κ1) is 24.0. The summed E-state index contributed by atoms with van der Waals surface area (Å²) in [7, 11) is 0. The number of hydrogen-bond donors (Lipinski definition) is 1. The van der Waals surface area contributed by atoms with Gasteiger partial charge in [0.2, 0.25) is 0 Å². The lowest BCUT2D eigenvalue weighted by molar-refractivity contribution is 0.0533. The highest BCUT2D eigenvalue weighted by molar-refractivity contribution is 7.18. The normalized spacial score (nSPS) is 10.4. The lowest BCUT2D eigenvalue weighted by atomic mass is 10.0. The van der Waals surface area contributed by atoms with E-state index >= 15 is 0 Å². The second-order valence-corrected chi connectivity index (χ2v) is 9.01. The molecule has 4 rings (SSSR count). The van der Waals surface area contributed by atoms with Crippen LogP contribution in [0.3, 0.4) is 0 Å². The lowest BCUT2D eigenvalue weighted by Gasteiger charge is -2.05. The summed E-state index contributed by atoms with van der Waals surface area (Å²) < 4.78 is 7.18. The fourth-order valence-electron chi connectivity index (χ4n) is 3.55. The van der Waals surface area contributed by atoms with Crippen LogP contribution in [0.15, 0.2) is 61.1 Å². The molecule has 2 aromatic heterocycles. The number of hydrogen-bond acceptors (Lipinski definition) is 7. The van der Waals surface area contributed by atoms with E-state index in [0.717, 1.165) is 11.3 Å². The van der Waals surface area contributed by atoms with Crippen molar-refractivity contribution in [2.45, 2.75) is 20.0 Å². The minimum atomic E-state index is -0.473. The molecule has 0 aliphatic rings. The van der Waals surface area contributed by atoms with Crippen LogP contribution in [-0.2, 0) is 17.8 Å². The number of nitrogens with zero attached hydrogens (tertiary/aromatic N) is 4. The van der Waals surface area contributed by atoms with Crippen LogP contribution in [0.5, 0.6) is 0 Å². The summed E-state index contributed by atoms with van der Waals surface area (Å²) in [5, 5.41) is 23.3. The number of nitriles is 2. The Hall–Kier alpha value is -4.11. The van der Waals surface area contributed by atoms with Gasteiger partial charge in [-0.3, -0.25) is 0 Å². The fourth-order valence-corrected chi connectivity index (χ4v) is 4.73. The van der Waals surface area contributed by atoms with Gasteiger partial charge in [-0.25, -0.2) is 9.78 Å². The highest BCUT2D eigenvalue weighted by atomic mass is 35.5.